The molecule has 0 saturated heterocycles. The lowest BCUT2D eigenvalue weighted by molar-refractivity contribution is 0.0883. The first-order valence-electron chi connectivity index (χ1n) is 6.35. The second kappa shape index (κ2) is 6.69. The minimum absolute atomic E-state index is 0.00377. The van der Waals surface area contributed by atoms with E-state index in [1.54, 1.807) is 7.11 Å². The summed E-state index contributed by atoms with van der Waals surface area (Å²) in [5, 5.41) is 12.7. The highest BCUT2D eigenvalue weighted by atomic mass is 32.1. The molecule has 0 bridgehead atoms. The smallest absolute Gasteiger partial charge is 0.263 e. The van der Waals surface area contributed by atoms with Gasteiger partial charge in [0.2, 0.25) is 0 Å². The quantitative estimate of drug-likeness (QED) is 0.755. The van der Waals surface area contributed by atoms with Gasteiger partial charge in [0.15, 0.2) is 0 Å². The van der Waals surface area contributed by atoms with E-state index in [2.05, 4.69) is 5.32 Å². The van der Waals surface area contributed by atoms with Gasteiger partial charge in [0.25, 0.3) is 5.91 Å². The van der Waals surface area contributed by atoms with E-state index in [0.717, 1.165) is 10.1 Å². The van der Waals surface area contributed by atoms with Gasteiger partial charge in [-0.2, -0.15) is 0 Å². The molecule has 20 heavy (non-hydrogen) atoms. The Kier molecular flexibility index (Phi) is 4.94. The number of amides is 1. The molecule has 0 spiro atoms. The average molecular weight is 294 g/mol. The Balaban J connectivity index is 2.20. The molecule has 0 aliphatic carbocycles. The number of methoxy groups -OCH3 is 1. The third kappa shape index (κ3) is 3.09. The first-order chi connectivity index (χ1) is 9.67. The number of aliphatic hydroxyl groups is 1. The lowest BCUT2D eigenvalue weighted by Crippen LogP contribution is -2.38. The van der Waals surface area contributed by atoms with E-state index in [4.69, 9.17) is 15.6 Å². The van der Waals surface area contributed by atoms with Crippen molar-refractivity contribution in [3.63, 3.8) is 0 Å². The minimum atomic E-state index is -0.223. The van der Waals surface area contributed by atoms with Crippen LogP contribution in [0.25, 0.3) is 10.1 Å². The molecular weight excluding hydrogens is 276 g/mol. The van der Waals surface area contributed by atoms with Gasteiger partial charge in [-0.1, -0.05) is 18.2 Å². The van der Waals surface area contributed by atoms with Gasteiger partial charge in [0, 0.05) is 23.8 Å². The molecule has 108 valence electrons. The Bertz CT molecular complexity index is 591. The monoisotopic (exact) mass is 294 g/mol. The van der Waals surface area contributed by atoms with Crippen LogP contribution < -0.4 is 11.1 Å². The molecule has 1 atom stereocenters. The second-order valence-electron chi connectivity index (χ2n) is 4.48. The zero-order chi connectivity index (χ0) is 14.5. The van der Waals surface area contributed by atoms with Crippen LogP contribution in [0, 0.1) is 0 Å². The molecule has 4 N–H and O–H groups in total. The number of benzene rings is 1. The first-order valence-corrected chi connectivity index (χ1v) is 7.16. The van der Waals surface area contributed by atoms with E-state index in [-0.39, 0.29) is 18.6 Å². The minimum Gasteiger partial charge on any atom is -0.397 e. The van der Waals surface area contributed by atoms with Crippen LogP contribution in [0.3, 0.4) is 0 Å². The molecule has 0 saturated carbocycles. The van der Waals surface area contributed by atoms with Crippen LogP contribution in [-0.4, -0.2) is 37.4 Å². The topological polar surface area (TPSA) is 84.6 Å². The lowest BCUT2D eigenvalue weighted by Gasteiger charge is -2.16. The number of nitrogen functional groups attached to an aromatic ring is 1. The number of carbonyl (C=O) groups is 1. The summed E-state index contributed by atoms with van der Waals surface area (Å²) in [5.41, 5.74) is 6.54. The van der Waals surface area contributed by atoms with Crippen molar-refractivity contribution >= 4 is 33.0 Å². The molecule has 2 aromatic rings. The zero-order valence-electron chi connectivity index (χ0n) is 11.3. The van der Waals surface area contributed by atoms with Crippen molar-refractivity contribution in [1.82, 2.24) is 5.32 Å². The summed E-state index contributed by atoms with van der Waals surface area (Å²) in [7, 11) is 1.56. The van der Waals surface area contributed by atoms with Gasteiger partial charge in [-0.3, -0.25) is 4.79 Å². The number of hydrogen-bond donors (Lipinski definition) is 3. The number of rotatable bonds is 6. The van der Waals surface area contributed by atoms with Gasteiger partial charge < -0.3 is 20.9 Å². The highest BCUT2D eigenvalue weighted by molar-refractivity contribution is 7.21. The Morgan fingerprint density at radius 1 is 1.50 bits per heavy atom. The summed E-state index contributed by atoms with van der Waals surface area (Å²) in [4.78, 5) is 12.8. The SMILES string of the molecule is COCC(CCO)NC(=O)c1sc2ccccc2c1N. The number of thiophene rings is 1. The van der Waals surface area contributed by atoms with Crippen molar-refractivity contribution < 1.29 is 14.6 Å². The maximum absolute atomic E-state index is 12.3. The molecule has 0 fully saturated rings. The maximum atomic E-state index is 12.3. The van der Waals surface area contributed by atoms with Crippen molar-refractivity contribution in [1.29, 1.82) is 0 Å². The summed E-state index contributed by atoms with van der Waals surface area (Å²) < 4.78 is 6.02. The molecule has 1 unspecified atom stereocenters. The van der Waals surface area contributed by atoms with E-state index in [1.807, 2.05) is 24.3 Å². The van der Waals surface area contributed by atoms with Crippen LogP contribution >= 0.6 is 11.3 Å². The Morgan fingerprint density at radius 2 is 2.25 bits per heavy atom. The van der Waals surface area contributed by atoms with Crippen molar-refractivity contribution in [2.45, 2.75) is 12.5 Å². The van der Waals surface area contributed by atoms with E-state index in [9.17, 15) is 4.79 Å². The normalized spacial score (nSPS) is 12.5. The van der Waals surface area contributed by atoms with Crippen LogP contribution in [0.15, 0.2) is 24.3 Å². The standard InChI is InChI=1S/C14H18N2O3S/c1-19-8-9(6-7-17)16-14(18)13-12(15)10-4-2-3-5-11(10)20-13/h2-5,9,17H,6-8,15H2,1H3,(H,16,18). The molecule has 1 heterocycles. The fourth-order valence-electron chi connectivity index (χ4n) is 2.04. The van der Waals surface area contributed by atoms with Gasteiger partial charge in [-0.25, -0.2) is 0 Å². The fourth-order valence-corrected chi connectivity index (χ4v) is 3.07. The summed E-state index contributed by atoms with van der Waals surface area (Å²) in [6, 6.07) is 7.43. The predicted molar refractivity (Wildman–Crippen MR) is 81.1 cm³/mol. The summed E-state index contributed by atoms with van der Waals surface area (Å²) in [5.74, 6) is -0.223. The summed E-state index contributed by atoms with van der Waals surface area (Å²) in [6.07, 6.45) is 0.449. The highest BCUT2D eigenvalue weighted by Gasteiger charge is 2.19. The zero-order valence-corrected chi connectivity index (χ0v) is 12.1. The van der Waals surface area contributed by atoms with Gasteiger partial charge in [-0.15, -0.1) is 11.3 Å². The molecule has 0 aliphatic rings. The highest BCUT2D eigenvalue weighted by Crippen LogP contribution is 2.33. The Morgan fingerprint density at radius 3 is 2.90 bits per heavy atom. The van der Waals surface area contributed by atoms with E-state index in [0.29, 0.717) is 23.6 Å². The Labute approximate surface area is 121 Å². The van der Waals surface area contributed by atoms with Crippen molar-refractivity contribution in [2.75, 3.05) is 26.1 Å². The van der Waals surface area contributed by atoms with Crippen LogP contribution in [-0.2, 0) is 4.74 Å². The average Bonchev–Trinajstić information content (AvgIpc) is 2.77. The third-order valence-corrected chi connectivity index (χ3v) is 4.21. The molecule has 5 nitrogen and oxygen atoms in total. The van der Waals surface area contributed by atoms with Crippen LogP contribution in [0.5, 0.6) is 0 Å². The van der Waals surface area contributed by atoms with Crippen molar-refractivity contribution in [3.05, 3.63) is 29.1 Å². The number of carbonyl (C=O) groups excluding carboxylic acids is 1. The molecule has 0 radical (unpaired) electrons. The molecule has 2 rings (SSSR count). The van der Waals surface area contributed by atoms with E-state index < -0.39 is 0 Å². The second-order valence-corrected chi connectivity index (χ2v) is 5.53. The Hall–Kier alpha value is -1.63. The number of hydrogen-bond acceptors (Lipinski definition) is 5. The number of nitrogens with one attached hydrogen (secondary N) is 1. The molecule has 0 aliphatic heterocycles. The lowest BCUT2D eigenvalue weighted by atomic mass is 10.2. The van der Waals surface area contributed by atoms with Crippen LogP contribution in [0.4, 0.5) is 5.69 Å². The molecule has 6 heteroatoms. The van der Waals surface area contributed by atoms with Gasteiger partial charge in [0.05, 0.1) is 18.3 Å². The van der Waals surface area contributed by atoms with Crippen LogP contribution in [0.1, 0.15) is 16.1 Å². The fraction of sp³-hybridized carbons (Fsp3) is 0.357. The number of ether oxygens (including phenoxy) is 1. The van der Waals surface area contributed by atoms with Gasteiger partial charge in [-0.05, 0) is 12.5 Å². The molecular formula is C14H18N2O3S. The first kappa shape index (κ1) is 14.8. The predicted octanol–water partition coefficient (Wildman–Crippen LogP) is 1.61. The number of anilines is 1. The summed E-state index contributed by atoms with van der Waals surface area (Å²) in [6.45, 7) is 0.354. The van der Waals surface area contributed by atoms with Crippen molar-refractivity contribution in [3.8, 4) is 0 Å². The summed E-state index contributed by atoms with van der Waals surface area (Å²) >= 11 is 1.37. The van der Waals surface area contributed by atoms with Gasteiger partial charge in [0.1, 0.15) is 4.88 Å². The maximum Gasteiger partial charge on any atom is 0.263 e. The van der Waals surface area contributed by atoms with Crippen molar-refractivity contribution in [2.24, 2.45) is 0 Å². The van der Waals surface area contributed by atoms with Gasteiger partial charge >= 0.3 is 0 Å². The van der Waals surface area contributed by atoms with E-state index >= 15 is 0 Å². The number of aliphatic hydroxyl groups excluding tert-OH is 1. The number of fused-ring (bicyclic) bond motifs is 1. The molecule has 1 amide bonds. The third-order valence-electron chi connectivity index (χ3n) is 3.02. The van der Waals surface area contributed by atoms with E-state index in [1.165, 1.54) is 11.3 Å². The van der Waals surface area contributed by atoms with Crippen LogP contribution in [0.2, 0.25) is 0 Å². The molecule has 1 aromatic carbocycles. The largest absolute Gasteiger partial charge is 0.397 e. The number of nitrogens with two attached hydrogens (primary N) is 1. The molecule has 1 aromatic heterocycles.